The number of carbonyl (C=O) groups excluding carboxylic acids is 2. The van der Waals surface area contributed by atoms with Gasteiger partial charge in [-0.3, -0.25) is 9.59 Å². The van der Waals surface area contributed by atoms with Gasteiger partial charge in [-0.1, -0.05) is 60.1 Å². The molecule has 0 fully saturated rings. The first kappa shape index (κ1) is 23.7. The predicted octanol–water partition coefficient (Wildman–Crippen LogP) is 4.80. The van der Waals surface area contributed by atoms with E-state index in [2.05, 4.69) is 22.8 Å². The van der Waals surface area contributed by atoms with E-state index in [1.54, 1.807) is 23.9 Å². The summed E-state index contributed by atoms with van der Waals surface area (Å²) < 4.78 is 0. The lowest BCUT2D eigenvalue weighted by atomic mass is 10.0. The van der Waals surface area contributed by atoms with Crippen LogP contribution in [0.2, 0.25) is 5.02 Å². The first-order valence-electron chi connectivity index (χ1n) is 10.3. The largest absolute Gasteiger partial charge is 0.508 e. The molecule has 0 aromatic heterocycles. The normalized spacial score (nSPS) is 11.5. The zero-order valence-corrected chi connectivity index (χ0v) is 19.0. The van der Waals surface area contributed by atoms with E-state index < -0.39 is 0 Å². The van der Waals surface area contributed by atoms with Crippen molar-refractivity contribution in [3.05, 3.63) is 101 Å². The maximum atomic E-state index is 12.4. The van der Waals surface area contributed by atoms with Crippen LogP contribution in [0.3, 0.4) is 0 Å². The minimum atomic E-state index is -0.253. The molecule has 32 heavy (non-hydrogen) atoms. The molecule has 0 aliphatic rings. The molecule has 0 saturated carbocycles. The van der Waals surface area contributed by atoms with Crippen LogP contribution >= 0.6 is 23.4 Å². The first-order chi connectivity index (χ1) is 15.5. The van der Waals surface area contributed by atoms with Crippen molar-refractivity contribution in [2.24, 2.45) is 0 Å². The molecule has 3 aromatic carbocycles. The highest BCUT2D eigenvalue weighted by molar-refractivity contribution is 8.00. The number of nitrogens with one attached hydrogen (secondary N) is 2. The molecule has 3 rings (SSSR count). The maximum Gasteiger partial charge on any atom is 0.251 e. The molecule has 0 aliphatic carbocycles. The summed E-state index contributed by atoms with van der Waals surface area (Å²) in [5.74, 6) is 0.0631. The summed E-state index contributed by atoms with van der Waals surface area (Å²) in [6.45, 7) is 0.899. The average molecular weight is 469 g/mol. The van der Waals surface area contributed by atoms with Crippen molar-refractivity contribution in [3.63, 3.8) is 0 Å². The maximum absolute atomic E-state index is 12.4. The lowest BCUT2D eigenvalue weighted by Crippen LogP contribution is -2.30. The molecule has 0 heterocycles. The summed E-state index contributed by atoms with van der Waals surface area (Å²) >= 11 is 7.59. The van der Waals surface area contributed by atoms with E-state index in [1.807, 2.05) is 42.5 Å². The van der Waals surface area contributed by atoms with E-state index in [4.69, 9.17) is 11.6 Å². The molecular formula is C25H25ClN2O3S. The fourth-order valence-corrected chi connectivity index (χ4v) is 4.37. The molecule has 166 valence electrons. The second kappa shape index (κ2) is 12.2. The third-order valence-corrected chi connectivity index (χ3v) is 6.28. The van der Waals surface area contributed by atoms with Gasteiger partial charge in [0.15, 0.2) is 0 Å². The predicted molar refractivity (Wildman–Crippen MR) is 130 cm³/mol. The molecule has 0 bridgehead atoms. The highest BCUT2D eigenvalue weighted by atomic mass is 35.5. The number of carbonyl (C=O) groups is 2. The summed E-state index contributed by atoms with van der Waals surface area (Å²) in [5.41, 5.74) is 2.62. The number of hydrogen-bond donors (Lipinski definition) is 3. The third kappa shape index (κ3) is 7.32. The van der Waals surface area contributed by atoms with Crippen LogP contribution in [0.5, 0.6) is 5.75 Å². The number of phenols is 1. The van der Waals surface area contributed by atoms with Gasteiger partial charge in [0.05, 0.1) is 11.0 Å². The molecule has 0 aliphatic heterocycles. The zero-order chi connectivity index (χ0) is 22.8. The topological polar surface area (TPSA) is 78.4 Å². The molecule has 3 aromatic rings. The smallest absolute Gasteiger partial charge is 0.251 e. The Labute approximate surface area is 197 Å². The van der Waals surface area contributed by atoms with Crippen molar-refractivity contribution in [1.82, 2.24) is 10.6 Å². The Morgan fingerprint density at radius 3 is 2.28 bits per heavy atom. The minimum absolute atomic E-state index is 0.0285. The van der Waals surface area contributed by atoms with E-state index in [9.17, 15) is 14.7 Å². The van der Waals surface area contributed by atoms with Gasteiger partial charge in [-0.05, 0) is 47.9 Å². The Morgan fingerprint density at radius 2 is 1.56 bits per heavy atom. The molecule has 5 nitrogen and oxygen atoms in total. The molecular weight excluding hydrogens is 444 g/mol. The Balaban J connectivity index is 1.43. The summed E-state index contributed by atoms with van der Waals surface area (Å²) in [4.78, 5) is 24.4. The van der Waals surface area contributed by atoms with Gasteiger partial charge in [-0.25, -0.2) is 0 Å². The summed E-state index contributed by atoms with van der Waals surface area (Å²) in [7, 11) is 0. The number of thioether (sulfide) groups is 1. The highest BCUT2D eigenvalue weighted by Crippen LogP contribution is 2.35. The average Bonchev–Trinajstić information content (AvgIpc) is 2.80. The third-order valence-electron chi connectivity index (χ3n) is 4.73. The van der Waals surface area contributed by atoms with Gasteiger partial charge < -0.3 is 15.7 Å². The fourth-order valence-electron chi connectivity index (χ4n) is 3.13. The Hall–Kier alpha value is -2.96. The van der Waals surface area contributed by atoms with Crippen molar-refractivity contribution < 1.29 is 14.7 Å². The highest BCUT2D eigenvalue weighted by Gasteiger charge is 2.16. The van der Waals surface area contributed by atoms with Crippen LogP contribution in [0.15, 0.2) is 78.9 Å². The van der Waals surface area contributed by atoms with Gasteiger partial charge >= 0.3 is 0 Å². The number of hydrogen-bond acceptors (Lipinski definition) is 4. The van der Waals surface area contributed by atoms with E-state index in [0.717, 1.165) is 11.1 Å². The van der Waals surface area contributed by atoms with Gasteiger partial charge in [-0.15, -0.1) is 11.8 Å². The zero-order valence-electron chi connectivity index (χ0n) is 17.5. The van der Waals surface area contributed by atoms with Crippen LogP contribution in [0.25, 0.3) is 0 Å². The number of rotatable bonds is 10. The molecule has 0 spiro atoms. The van der Waals surface area contributed by atoms with E-state index in [0.29, 0.717) is 35.8 Å². The Morgan fingerprint density at radius 1 is 0.875 bits per heavy atom. The van der Waals surface area contributed by atoms with Crippen molar-refractivity contribution >= 4 is 35.2 Å². The van der Waals surface area contributed by atoms with E-state index in [1.165, 1.54) is 12.1 Å². The van der Waals surface area contributed by atoms with Gasteiger partial charge in [0.1, 0.15) is 5.75 Å². The van der Waals surface area contributed by atoms with Gasteiger partial charge in [-0.2, -0.15) is 0 Å². The SMILES string of the molecule is O=C(CSC(c1ccccc1)c1ccc(Cl)cc1)NCCCNC(=O)c1cccc(O)c1. The second-order valence-corrected chi connectivity index (χ2v) is 8.69. The molecule has 1 unspecified atom stereocenters. The molecule has 0 radical (unpaired) electrons. The Bertz CT molecular complexity index is 1030. The molecule has 3 N–H and O–H groups in total. The molecule has 2 amide bonds. The molecule has 1 atom stereocenters. The summed E-state index contributed by atoms with van der Waals surface area (Å²) in [6, 6.07) is 23.9. The number of halogens is 1. The van der Waals surface area contributed by atoms with Gasteiger partial charge in [0, 0.05) is 23.7 Å². The standard InChI is InChI=1S/C25H25ClN2O3S/c26-21-12-10-19(11-13-21)24(18-6-2-1-3-7-18)32-17-23(30)27-14-5-15-28-25(31)20-8-4-9-22(29)16-20/h1-4,6-13,16,24,29H,5,14-15,17H2,(H,27,30)(H,28,31). The number of benzene rings is 3. The lowest BCUT2D eigenvalue weighted by Gasteiger charge is -2.18. The van der Waals surface area contributed by atoms with Crippen molar-refractivity contribution in [2.75, 3.05) is 18.8 Å². The molecule has 0 saturated heterocycles. The lowest BCUT2D eigenvalue weighted by molar-refractivity contribution is -0.118. The van der Waals surface area contributed by atoms with Crippen LogP contribution in [0.4, 0.5) is 0 Å². The van der Waals surface area contributed by atoms with Crippen LogP contribution < -0.4 is 10.6 Å². The van der Waals surface area contributed by atoms with Crippen LogP contribution in [0, 0.1) is 0 Å². The first-order valence-corrected chi connectivity index (χ1v) is 11.7. The van der Waals surface area contributed by atoms with Gasteiger partial charge in [0.2, 0.25) is 5.91 Å². The van der Waals surface area contributed by atoms with Crippen LogP contribution in [0.1, 0.15) is 33.2 Å². The van der Waals surface area contributed by atoms with E-state index >= 15 is 0 Å². The van der Waals surface area contributed by atoms with Crippen LogP contribution in [-0.2, 0) is 4.79 Å². The van der Waals surface area contributed by atoms with E-state index in [-0.39, 0.29) is 22.8 Å². The number of phenolic OH excluding ortho intramolecular Hbond substituents is 1. The molecule has 7 heteroatoms. The Kier molecular flexibility index (Phi) is 9.01. The van der Waals surface area contributed by atoms with Gasteiger partial charge in [0.25, 0.3) is 5.91 Å². The number of amides is 2. The quantitative estimate of drug-likeness (QED) is 0.373. The van der Waals surface area contributed by atoms with Crippen LogP contribution in [-0.4, -0.2) is 35.8 Å². The summed E-state index contributed by atoms with van der Waals surface area (Å²) in [5, 5.41) is 15.8. The van der Waals surface area contributed by atoms with Crippen molar-refractivity contribution in [2.45, 2.75) is 11.7 Å². The minimum Gasteiger partial charge on any atom is -0.508 e. The van der Waals surface area contributed by atoms with Crippen molar-refractivity contribution in [1.29, 1.82) is 0 Å². The fraction of sp³-hybridized carbons (Fsp3) is 0.200. The number of aromatic hydroxyl groups is 1. The second-order valence-electron chi connectivity index (χ2n) is 7.16. The summed E-state index contributed by atoms with van der Waals surface area (Å²) in [6.07, 6.45) is 0.611. The monoisotopic (exact) mass is 468 g/mol. The van der Waals surface area contributed by atoms with Crippen molar-refractivity contribution in [3.8, 4) is 5.75 Å².